The second kappa shape index (κ2) is 5.23. The molecule has 1 saturated heterocycles. The van der Waals surface area contributed by atoms with Gasteiger partial charge in [-0.1, -0.05) is 25.3 Å². The normalized spacial score (nSPS) is 29.2. The molecule has 0 bridgehead atoms. The van der Waals surface area contributed by atoms with E-state index in [0.29, 0.717) is 5.41 Å². The average molecular weight is 333 g/mol. The summed E-state index contributed by atoms with van der Waals surface area (Å²) in [6.45, 7) is 10.5. The van der Waals surface area contributed by atoms with Crippen molar-refractivity contribution in [2.75, 3.05) is 13.1 Å². The van der Waals surface area contributed by atoms with Gasteiger partial charge in [0.05, 0.1) is 0 Å². The molecule has 12 heavy (non-hydrogen) atoms. The molecule has 1 atom stereocenters. The molecule has 1 nitrogen and oxygen atoms in total. The average Bonchev–Trinajstić information content (AvgIpc) is 1.85. The van der Waals surface area contributed by atoms with E-state index in [4.69, 9.17) is 0 Å². The Morgan fingerprint density at radius 3 is 2.67 bits per heavy atom. The first kappa shape index (κ1) is 12.4. The van der Waals surface area contributed by atoms with E-state index in [1.807, 2.05) is 0 Å². The molecule has 69 valence electrons. The van der Waals surface area contributed by atoms with Gasteiger partial charge in [0.15, 0.2) is 0 Å². The fourth-order valence-corrected chi connectivity index (χ4v) is 1.92. The van der Waals surface area contributed by atoms with Gasteiger partial charge >= 0.3 is 0 Å². The summed E-state index contributed by atoms with van der Waals surface area (Å²) in [6, 6.07) is 0. The molecule has 0 aromatic rings. The fraction of sp³-hybridized carbons (Fsp3) is 0.800. The first-order valence-corrected chi connectivity index (χ1v) is 4.40. The van der Waals surface area contributed by atoms with Crippen molar-refractivity contribution in [1.82, 2.24) is 0 Å². The van der Waals surface area contributed by atoms with Crippen molar-refractivity contribution in [3.8, 4) is 0 Å². The predicted octanol–water partition coefficient (Wildman–Crippen LogP) is 3.12. The Kier molecular flexibility index (Phi) is 5.42. The summed E-state index contributed by atoms with van der Waals surface area (Å²) >= 11 is 0. The largest absolute Gasteiger partial charge is 0.662 e. The van der Waals surface area contributed by atoms with Crippen LogP contribution in [0.2, 0.25) is 0 Å². The Hall–Kier alpha value is 0.440. The van der Waals surface area contributed by atoms with Gasteiger partial charge in [-0.2, -0.15) is 0 Å². The molecule has 0 amide bonds. The van der Waals surface area contributed by atoms with Crippen LogP contribution in [0, 0.1) is 5.41 Å². The molecule has 0 spiro atoms. The van der Waals surface area contributed by atoms with Gasteiger partial charge in [-0.05, 0) is 18.8 Å². The van der Waals surface area contributed by atoms with E-state index in [2.05, 4.69) is 25.7 Å². The summed E-state index contributed by atoms with van der Waals surface area (Å²) in [6.07, 6.45) is 3.74. The molecular formula is C10H18NTa-. The molecule has 1 radical (unpaired) electrons. The van der Waals surface area contributed by atoms with E-state index in [1.54, 1.807) is 0 Å². The summed E-state index contributed by atoms with van der Waals surface area (Å²) in [7, 11) is 0. The first-order valence-electron chi connectivity index (χ1n) is 4.40. The van der Waals surface area contributed by atoms with Crippen LogP contribution < -0.4 is 0 Å². The number of hydrogen-bond donors (Lipinski definition) is 0. The van der Waals surface area contributed by atoms with Crippen molar-refractivity contribution in [3.63, 3.8) is 0 Å². The van der Waals surface area contributed by atoms with Gasteiger partial charge in [0.1, 0.15) is 0 Å². The van der Waals surface area contributed by atoms with Crippen LogP contribution in [-0.2, 0) is 22.4 Å². The molecule has 0 aromatic heterocycles. The van der Waals surface area contributed by atoms with Crippen molar-refractivity contribution in [2.24, 2.45) is 5.41 Å². The van der Waals surface area contributed by atoms with E-state index in [-0.39, 0.29) is 22.4 Å². The van der Waals surface area contributed by atoms with Crippen molar-refractivity contribution < 1.29 is 22.4 Å². The van der Waals surface area contributed by atoms with Gasteiger partial charge < -0.3 is 5.32 Å². The minimum atomic E-state index is 0. The number of nitrogens with zero attached hydrogens (tertiary/aromatic N) is 1. The molecule has 1 fully saturated rings. The van der Waals surface area contributed by atoms with Gasteiger partial charge in [-0.25, -0.2) is 0 Å². The van der Waals surface area contributed by atoms with Crippen LogP contribution in [0.4, 0.5) is 0 Å². The topological polar surface area (TPSA) is 14.1 Å². The molecule has 1 aliphatic rings. The smallest absolute Gasteiger partial charge is 0 e. The molecule has 2 heteroatoms. The van der Waals surface area contributed by atoms with Crippen LogP contribution in [0.5, 0.6) is 0 Å². The molecule has 1 heterocycles. The van der Waals surface area contributed by atoms with E-state index in [0.717, 1.165) is 19.5 Å². The maximum Gasteiger partial charge on any atom is 0 e. The van der Waals surface area contributed by atoms with Gasteiger partial charge in [0.25, 0.3) is 0 Å². The minimum absolute atomic E-state index is 0. The minimum Gasteiger partial charge on any atom is -0.662 e. The van der Waals surface area contributed by atoms with E-state index in [9.17, 15) is 0 Å². The van der Waals surface area contributed by atoms with Gasteiger partial charge in [-0.3, -0.25) is 0 Å². The zero-order chi connectivity index (χ0) is 8.32. The predicted molar refractivity (Wildman–Crippen MR) is 49.9 cm³/mol. The Morgan fingerprint density at radius 2 is 2.25 bits per heavy atom. The number of piperidine rings is 1. The second-order valence-corrected chi connectivity index (χ2v) is 4.15. The number of rotatable bonds is 2. The summed E-state index contributed by atoms with van der Waals surface area (Å²) < 4.78 is 0. The van der Waals surface area contributed by atoms with Crippen molar-refractivity contribution >= 4 is 0 Å². The van der Waals surface area contributed by atoms with Crippen molar-refractivity contribution in [1.29, 1.82) is 0 Å². The Balaban J connectivity index is 0.00000121. The summed E-state index contributed by atoms with van der Waals surface area (Å²) in [5, 5.41) is 4.44. The molecule has 1 rings (SSSR count). The monoisotopic (exact) mass is 333 g/mol. The zero-order valence-electron chi connectivity index (χ0n) is 8.14. The van der Waals surface area contributed by atoms with Crippen LogP contribution in [-0.4, -0.2) is 13.1 Å². The van der Waals surface area contributed by atoms with Crippen LogP contribution in [0.3, 0.4) is 0 Å². The number of allylic oxidation sites excluding steroid dienone is 1. The molecule has 0 aliphatic carbocycles. The Labute approximate surface area is 91.5 Å². The number of hydrogen-bond acceptors (Lipinski definition) is 0. The van der Waals surface area contributed by atoms with Crippen molar-refractivity contribution in [2.45, 2.75) is 33.1 Å². The summed E-state index contributed by atoms with van der Waals surface area (Å²) in [5.41, 5.74) is 1.73. The molecule has 0 saturated carbocycles. The SMILES string of the molecule is C=C(C)C[C@]1(C)CCC[N-]C1.[Ta]. The Bertz CT molecular complexity index is 148. The van der Waals surface area contributed by atoms with E-state index in [1.165, 1.54) is 18.4 Å². The quantitative estimate of drug-likeness (QED) is 0.690. The summed E-state index contributed by atoms with van der Waals surface area (Å²) in [4.78, 5) is 0. The van der Waals surface area contributed by atoms with E-state index >= 15 is 0 Å². The summed E-state index contributed by atoms with van der Waals surface area (Å²) in [5.74, 6) is 0. The van der Waals surface area contributed by atoms with Crippen LogP contribution in [0.15, 0.2) is 12.2 Å². The first-order chi connectivity index (χ1) is 5.12. The molecule has 1 aliphatic heterocycles. The molecule has 0 N–H and O–H groups in total. The maximum atomic E-state index is 4.44. The maximum absolute atomic E-state index is 4.44. The van der Waals surface area contributed by atoms with Gasteiger partial charge in [0.2, 0.25) is 0 Å². The molecular weight excluding hydrogens is 315 g/mol. The third-order valence-corrected chi connectivity index (χ3v) is 2.32. The molecule has 0 aromatic carbocycles. The second-order valence-electron chi connectivity index (χ2n) is 4.15. The fourth-order valence-electron chi connectivity index (χ4n) is 1.92. The van der Waals surface area contributed by atoms with Gasteiger partial charge in [-0.15, -0.1) is 19.7 Å². The van der Waals surface area contributed by atoms with Crippen LogP contribution >= 0.6 is 0 Å². The third-order valence-electron chi connectivity index (χ3n) is 2.32. The zero-order valence-corrected chi connectivity index (χ0v) is 11.4. The Morgan fingerprint density at radius 1 is 1.58 bits per heavy atom. The van der Waals surface area contributed by atoms with Crippen molar-refractivity contribution in [3.05, 3.63) is 17.5 Å². The van der Waals surface area contributed by atoms with E-state index < -0.39 is 0 Å². The third kappa shape index (κ3) is 3.90. The van der Waals surface area contributed by atoms with Gasteiger partial charge in [0, 0.05) is 22.4 Å². The molecule has 0 unspecified atom stereocenters. The standard InChI is InChI=1S/C10H18N.Ta/c1-9(2)7-10(3)5-4-6-11-8-10;/h1,4-8H2,2-3H3;/q-1;/t10-;/m0./s1. The van der Waals surface area contributed by atoms with Crippen LogP contribution in [0.1, 0.15) is 33.1 Å². The van der Waals surface area contributed by atoms with Crippen LogP contribution in [0.25, 0.3) is 5.32 Å².